The minimum Gasteiger partial charge on any atom is -0.481 e. The highest BCUT2D eigenvalue weighted by Gasteiger charge is 2.12. The van der Waals surface area contributed by atoms with Gasteiger partial charge in [-0.3, -0.25) is 4.98 Å². The number of rotatable bonds is 4. The molecule has 132 valence electrons. The zero-order chi connectivity index (χ0) is 18.2. The summed E-state index contributed by atoms with van der Waals surface area (Å²) in [6.45, 7) is 0. The van der Waals surface area contributed by atoms with Crippen molar-refractivity contribution in [3.63, 3.8) is 0 Å². The molecular weight excluding hydrogens is 364 g/mol. The van der Waals surface area contributed by atoms with Crippen molar-refractivity contribution >= 4 is 40.0 Å². The Labute approximate surface area is 157 Å². The summed E-state index contributed by atoms with van der Waals surface area (Å²) in [5.41, 5.74) is 4.69. The molecule has 4 heterocycles. The number of aromatic nitrogens is 7. The average molecular weight is 376 g/mol. The Morgan fingerprint density at radius 3 is 2.85 bits per heavy atom. The standard InChI is InChI=1S/C17H12N8OS/c1-26-14-5-2-10(9-19-14)15-16-21-17(22-25(16)7-6-18-15)20-11-3-4-12-13(8-11)24-27-23-12/h2-9H,1H3,(H,20,22). The second kappa shape index (κ2) is 6.25. The third-order valence-corrected chi connectivity index (χ3v) is 4.54. The Bertz CT molecular complexity index is 1250. The van der Waals surface area contributed by atoms with Crippen molar-refractivity contribution in [2.75, 3.05) is 12.4 Å². The fraction of sp³-hybridized carbons (Fsp3) is 0.0588. The predicted molar refractivity (Wildman–Crippen MR) is 101 cm³/mol. The van der Waals surface area contributed by atoms with E-state index in [1.54, 1.807) is 36.3 Å². The van der Waals surface area contributed by atoms with Gasteiger partial charge in [0.15, 0.2) is 5.65 Å². The van der Waals surface area contributed by atoms with Gasteiger partial charge in [-0.2, -0.15) is 13.7 Å². The molecule has 0 atom stereocenters. The third kappa shape index (κ3) is 2.81. The summed E-state index contributed by atoms with van der Waals surface area (Å²) >= 11 is 1.19. The molecule has 0 saturated heterocycles. The van der Waals surface area contributed by atoms with Crippen molar-refractivity contribution in [2.24, 2.45) is 0 Å². The van der Waals surface area contributed by atoms with Gasteiger partial charge in [-0.25, -0.2) is 9.50 Å². The molecule has 0 aliphatic carbocycles. The molecule has 9 nitrogen and oxygen atoms in total. The van der Waals surface area contributed by atoms with E-state index in [4.69, 9.17) is 4.74 Å². The summed E-state index contributed by atoms with van der Waals surface area (Å²) in [5, 5.41) is 7.67. The molecule has 0 amide bonds. The van der Waals surface area contributed by atoms with Crippen LogP contribution in [0.4, 0.5) is 11.6 Å². The maximum atomic E-state index is 5.10. The molecule has 0 unspecified atom stereocenters. The van der Waals surface area contributed by atoms with Crippen LogP contribution >= 0.6 is 11.7 Å². The highest BCUT2D eigenvalue weighted by molar-refractivity contribution is 7.00. The lowest BCUT2D eigenvalue weighted by Gasteiger charge is -2.02. The van der Waals surface area contributed by atoms with E-state index >= 15 is 0 Å². The SMILES string of the molecule is COc1ccc(-c2nccn3nc(Nc4ccc5nsnc5c4)nc23)cn1. The van der Waals surface area contributed by atoms with E-state index in [9.17, 15) is 0 Å². The zero-order valence-electron chi connectivity index (χ0n) is 14.1. The lowest BCUT2D eigenvalue weighted by atomic mass is 10.2. The van der Waals surface area contributed by atoms with Crippen LogP contribution in [-0.4, -0.2) is 40.4 Å². The Balaban J connectivity index is 1.52. The molecular formula is C17H12N8OS. The lowest BCUT2D eigenvalue weighted by Crippen LogP contribution is -1.94. The van der Waals surface area contributed by atoms with Crippen molar-refractivity contribution < 1.29 is 4.74 Å². The molecule has 1 aromatic carbocycles. The number of pyridine rings is 1. The smallest absolute Gasteiger partial charge is 0.247 e. The van der Waals surface area contributed by atoms with Crippen molar-refractivity contribution in [3.05, 3.63) is 48.9 Å². The van der Waals surface area contributed by atoms with Crippen LogP contribution in [0.3, 0.4) is 0 Å². The van der Waals surface area contributed by atoms with Gasteiger partial charge in [-0.15, -0.1) is 5.10 Å². The number of methoxy groups -OCH3 is 1. The Morgan fingerprint density at radius 2 is 2.00 bits per heavy atom. The van der Waals surface area contributed by atoms with Crippen molar-refractivity contribution in [3.8, 4) is 17.1 Å². The summed E-state index contributed by atoms with van der Waals surface area (Å²) in [7, 11) is 1.58. The fourth-order valence-electron chi connectivity index (χ4n) is 2.70. The quantitative estimate of drug-likeness (QED) is 0.511. The van der Waals surface area contributed by atoms with Gasteiger partial charge in [0, 0.05) is 35.9 Å². The van der Waals surface area contributed by atoms with Gasteiger partial charge in [-0.1, -0.05) is 0 Å². The van der Waals surface area contributed by atoms with E-state index < -0.39 is 0 Å². The molecule has 0 radical (unpaired) electrons. The lowest BCUT2D eigenvalue weighted by molar-refractivity contribution is 0.398. The molecule has 10 heteroatoms. The van der Waals surface area contributed by atoms with E-state index in [0.29, 0.717) is 23.2 Å². The molecule has 5 rings (SSSR count). The summed E-state index contributed by atoms with van der Waals surface area (Å²) in [4.78, 5) is 13.3. The molecule has 0 aliphatic heterocycles. The number of hydrogen-bond acceptors (Lipinski definition) is 9. The van der Waals surface area contributed by atoms with Crippen LogP contribution in [0.1, 0.15) is 0 Å². The molecule has 0 bridgehead atoms. The first kappa shape index (κ1) is 15.6. The number of anilines is 2. The van der Waals surface area contributed by atoms with Crippen molar-refractivity contribution in [1.29, 1.82) is 0 Å². The minimum atomic E-state index is 0.466. The maximum Gasteiger partial charge on any atom is 0.247 e. The highest BCUT2D eigenvalue weighted by atomic mass is 32.1. The number of fused-ring (bicyclic) bond motifs is 2. The first-order chi connectivity index (χ1) is 13.3. The van der Waals surface area contributed by atoms with Crippen LogP contribution in [0, 0.1) is 0 Å². The van der Waals surface area contributed by atoms with Crippen LogP contribution in [-0.2, 0) is 0 Å². The Hall–Kier alpha value is -3.66. The molecule has 0 spiro atoms. The minimum absolute atomic E-state index is 0.466. The molecule has 27 heavy (non-hydrogen) atoms. The predicted octanol–water partition coefficient (Wildman–Crippen LogP) is 2.94. The van der Waals surface area contributed by atoms with E-state index in [1.807, 2.05) is 24.3 Å². The molecule has 0 fully saturated rings. The largest absolute Gasteiger partial charge is 0.481 e. The summed E-state index contributed by atoms with van der Waals surface area (Å²) in [6, 6.07) is 9.41. The van der Waals surface area contributed by atoms with Gasteiger partial charge < -0.3 is 10.1 Å². The van der Waals surface area contributed by atoms with Crippen molar-refractivity contribution in [2.45, 2.75) is 0 Å². The van der Waals surface area contributed by atoms with Crippen molar-refractivity contribution in [1.82, 2.24) is 33.3 Å². The summed E-state index contributed by atoms with van der Waals surface area (Å²) in [5.74, 6) is 1.01. The zero-order valence-corrected chi connectivity index (χ0v) is 14.9. The Morgan fingerprint density at radius 1 is 1.07 bits per heavy atom. The second-order valence-corrected chi connectivity index (χ2v) is 6.19. The number of nitrogens with one attached hydrogen (secondary N) is 1. The molecule has 0 aliphatic rings. The summed E-state index contributed by atoms with van der Waals surface area (Å²) < 4.78 is 15.2. The van der Waals surface area contributed by atoms with Crippen LogP contribution in [0.15, 0.2) is 48.9 Å². The van der Waals surface area contributed by atoms with Gasteiger partial charge in [0.25, 0.3) is 0 Å². The highest BCUT2D eigenvalue weighted by Crippen LogP contribution is 2.24. The summed E-state index contributed by atoms with van der Waals surface area (Å²) in [6.07, 6.45) is 5.13. The first-order valence-electron chi connectivity index (χ1n) is 8.01. The van der Waals surface area contributed by atoms with E-state index in [0.717, 1.165) is 22.3 Å². The van der Waals surface area contributed by atoms with Gasteiger partial charge in [0.2, 0.25) is 11.8 Å². The Kier molecular flexibility index (Phi) is 3.61. The van der Waals surface area contributed by atoms with E-state index in [2.05, 4.69) is 34.1 Å². The number of hydrogen-bond donors (Lipinski definition) is 1. The van der Waals surface area contributed by atoms with Gasteiger partial charge in [0.05, 0.1) is 18.8 Å². The van der Waals surface area contributed by atoms with Gasteiger partial charge in [-0.05, 0) is 24.3 Å². The van der Waals surface area contributed by atoms with Crippen LogP contribution in [0.2, 0.25) is 0 Å². The molecule has 0 saturated carbocycles. The second-order valence-electron chi connectivity index (χ2n) is 5.66. The van der Waals surface area contributed by atoms with Gasteiger partial charge in [0.1, 0.15) is 16.7 Å². The van der Waals surface area contributed by atoms with Crippen LogP contribution in [0.5, 0.6) is 5.88 Å². The number of ether oxygens (including phenoxy) is 1. The normalized spacial score (nSPS) is 11.1. The number of benzene rings is 1. The van der Waals surface area contributed by atoms with E-state index in [1.165, 1.54) is 11.7 Å². The molecule has 4 aromatic heterocycles. The van der Waals surface area contributed by atoms with E-state index in [-0.39, 0.29) is 0 Å². The first-order valence-corrected chi connectivity index (χ1v) is 8.74. The molecule has 1 N–H and O–H groups in total. The maximum absolute atomic E-state index is 5.10. The number of nitrogens with zero attached hydrogens (tertiary/aromatic N) is 7. The van der Waals surface area contributed by atoms with Crippen LogP contribution in [0.25, 0.3) is 27.9 Å². The third-order valence-electron chi connectivity index (χ3n) is 3.98. The monoisotopic (exact) mass is 376 g/mol. The average Bonchev–Trinajstić information content (AvgIpc) is 3.33. The van der Waals surface area contributed by atoms with Gasteiger partial charge >= 0.3 is 0 Å². The molecule has 5 aromatic rings. The van der Waals surface area contributed by atoms with Crippen LogP contribution < -0.4 is 10.1 Å². The fourth-order valence-corrected chi connectivity index (χ4v) is 3.22. The topological polar surface area (TPSA) is 103 Å².